The van der Waals surface area contributed by atoms with Gasteiger partial charge in [-0.05, 0) is 13.0 Å². The normalized spacial score (nSPS) is 32.6. The quantitative estimate of drug-likeness (QED) is 0.620. The van der Waals surface area contributed by atoms with Crippen molar-refractivity contribution in [3.8, 4) is 0 Å². The number of Topliss-reactive ketones (excluding diaryl/α,β-unsaturated/α-hetero) is 1. The fraction of sp³-hybridized carbons (Fsp3) is 0.875. The Morgan fingerprint density at radius 3 is 2.80 bits per heavy atom. The van der Waals surface area contributed by atoms with Gasteiger partial charge in [0.25, 0.3) is 0 Å². The molecule has 0 amide bonds. The highest BCUT2D eigenvalue weighted by Gasteiger charge is 2.34. The molecule has 1 atom stereocenters. The van der Waals surface area contributed by atoms with E-state index in [-0.39, 0.29) is 5.41 Å². The van der Waals surface area contributed by atoms with Crippen LogP contribution in [0, 0.1) is 5.41 Å². The molecule has 0 aromatic rings. The minimum Gasteiger partial charge on any atom is -0.316 e. The first-order chi connectivity index (χ1) is 4.69. The number of nitrogens with one attached hydrogen (secondary N) is 1. The van der Waals surface area contributed by atoms with E-state index in [2.05, 4.69) is 12.2 Å². The van der Waals surface area contributed by atoms with Crippen LogP contribution in [0.15, 0.2) is 0 Å². The number of rotatable bonds is 2. The predicted octanol–water partition coefficient (Wildman–Crippen LogP) is 0.965. The molecule has 58 valence electrons. The topological polar surface area (TPSA) is 29.1 Å². The number of carbonyl (C=O) groups excluding carboxylic acids is 1. The summed E-state index contributed by atoms with van der Waals surface area (Å²) in [6.45, 7) is 5.87. The van der Waals surface area contributed by atoms with Crippen molar-refractivity contribution < 1.29 is 4.79 Å². The maximum absolute atomic E-state index is 11.3. The van der Waals surface area contributed by atoms with E-state index >= 15 is 0 Å². The third-order valence-electron chi connectivity index (χ3n) is 2.36. The van der Waals surface area contributed by atoms with E-state index < -0.39 is 0 Å². The number of carbonyl (C=O) groups is 1. The van der Waals surface area contributed by atoms with Gasteiger partial charge in [0.15, 0.2) is 0 Å². The number of hydrogen-bond donors (Lipinski definition) is 1. The molecule has 2 nitrogen and oxygen atoms in total. The SMILES string of the molecule is CCC(=O)C1(C)CCNC1. The summed E-state index contributed by atoms with van der Waals surface area (Å²) < 4.78 is 0. The lowest BCUT2D eigenvalue weighted by Crippen LogP contribution is -2.29. The Hall–Kier alpha value is -0.370. The van der Waals surface area contributed by atoms with E-state index in [0.29, 0.717) is 12.2 Å². The molecule has 0 saturated carbocycles. The average Bonchev–Trinajstić information content (AvgIpc) is 2.36. The molecule has 1 fully saturated rings. The van der Waals surface area contributed by atoms with Gasteiger partial charge < -0.3 is 5.32 Å². The highest BCUT2D eigenvalue weighted by atomic mass is 16.1. The molecule has 0 bridgehead atoms. The summed E-state index contributed by atoms with van der Waals surface area (Å²) >= 11 is 0. The van der Waals surface area contributed by atoms with Crippen molar-refractivity contribution >= 4 is 5.78 Å². The summed E-state index contributed by atoms with van der Waals surface area (Å²) in [5.74, 6) is 0.400. The standard InChI is InChI=1S/C8H15NO/c1-3-7(10)8(2)4-5-9-6-8/h9H,3-6H2,1-2H3. The zero-order chi connectivity index (χ0) is 7.61. The van der Waals surface area contributed by atoms with E-state index in [1.165, 1.54) is 0 Å². The molecule has 0 radical (unpaired) electrons. The van der Waals surface area contributed by atoms with Gasteiger partial charge in [-0.25, -0.2) is 0 Å². The second kappa shape index (κ2) is 2.70. The van der Waals surface area contributed by atoms with Gasteiger partial charge in [-0.3, -0.25) is 4.79 Å². The van der Waals surface area contributed by atoms with Gasteiger partial charge in [0.1, 0.15) is 5.78 Å². The molecule has 0 aromatic heterocycles. The van der Waals surface area contributed by atoms with Crippen LogP contribution < -0.4 is 5.32 Å². The van der Waals surface area contributed by atoms with E-state index in [4.69, 9.17) is 0 Å². The molecule has 1 heterocycles. The number of hydrogen-bond acceptors (Lipinski definition) is 2. The van der Waals surface area contributed by atoms with E-state index in [1.807, 2.05) is 6.92 Å². The van der Waals surface area contributed by atoms with E-state index in [1.54, 1.807) is 0 Å². The molecule has 1 N–H and O–H groups in total. The first-order valence-corrected chi connectivity index (χ1v) is 3.93. The molecule has 0 spiro atoms. The second-order valence-corrected chi connectivity index (χ2v) is 3.26. The molecular weight excluding hydrogens is 126 g/mol. The van der Waals surface area contributed by atoms with Crippen LogP contribution in [-0.2, 0) is 4.79 Å². The van der Waals surface area contributed by atoms with Crippen LogP contribution in [0.2, 0.25) is 0 Å². The van der Waals surface area contributed by atoms with E-state index in [9.17, 15) is 4.79 Å². The largest absolute Gasteiger partial charge is 0.316 e. The monoisotopic (exact) mass is 141 g/mol. The molecule has 0 aromatic carbocycles. The smallest absolute Gasteiger partial charge is 0.139 e. The van der Waals surface area contributed by atoms with Gasteiger partial charge in [-0.2, -0.15) is 0 Å². The maximum Gasteiger partial charge on any atom is 0.139 e. The summed E-state index contributed by atoms with van der Waals surface area (Å²) in [6, 6.07) is 0. The second-order valence-electron chi connectivity index (χ2n) is 3.26. The van der Waals surface area contributed by atoms with Crippen molar-refractivity contribution in [3.05, 3.63) is 0 Å². The molecule has 2 heteroatoms. The molecule has 1 unspecified atom stereocenters. The molecule has 0 aliphatic carbocycles. The Kier molecular flexibility index (Phi) is 2.09. The molecular formula is C8H15NO. The Bertz CT molecular complexity index is 136. The van der Waals surface area contributed by atoms with Crippen LogP contribution in [0.5, 0.6) is 0 Å². The van der Waals surface area contributed by atoms with Crippen LogP contribution in [0.25, 0.3) is 0 Å². The Morgan fingerprint density at radius 1 is 1.70 bits per heavy atom. The Morgan fingerprint density at radius 2 is 2.40 bits per heavy atom. The highest BCUT2D eigenvalue weighted by molar-refractivity contribution is 5.84. The lowest BCUT2D eigenvalue weighted by atomic mass is 9.84. The summed E-state index contributed by atoms with van der Waals surface area (Å²) in [7, 11) is 0. The van der Waals surface area contributed by atoms with Gasteiger partial charge in [0, 0.05) is 18.4 Å². The van der Waals surface area contributed by atoms with Crippen molar-refractivity contribution in [1.82, 2.24) is 5.32 Å². The third-order valence-corrected chi connectivity index (χ3v) is 2.36. The lowest BCUT2D eigenvalue weighted by molar-refractivity contribution is -0.126. The summed E-state index contributed by atoms with van der Waals surface area (Å²) in [6.07, 6.45) is 1.69. The number of ketones is 1. The van der Waals surface area contributed by atoms with Gasteiger partial charge in [-0.15, -0.1) is 0 Å². The minimum atomic E-state index is -0.0469. The highest BCUT2D eigenvalue weighted by Crippen LogP contribution is 2.26. The summed E-state index contributed by atoms with van der Waals surface area (Å²) in [5, 5.41) is 3.21. The zero-order valence-electron chi connectivity index (χ0n) is 6.74. The van der Waals surface area contributed by atoms with Crippen molar-refractivity contribution in [3.63, 3.8) is 0 Å². The van der Waals surface area contributed by atoms with Crippen molar-refractivity contribution in [2.24, 2.45) is 5.41 Å². The average molecular weight is 141 g/mol. The molecule has 10 heavy (non-hydrogen) atoms. The maximum atomic E-state index is 11.3. The zero-order valence-corrected chi connectivity index (χ0v) is 6.74. The van der Waals surface area contributed by atoms with Crippen LogP contribution in [-0.4, -0.2) is 18.9 Å². The predicted molar refractivity (Wildman–Crippen MR) is 40.9 cm³/mol. The van der Waals surface area contributed by atoms with Crippen LogP contribution in [0.1, 0.15) is 26.7 Å². The summed E-state index contributed by atoms with van der Waals surface area (Å²) in [5.41, 5.74) is -0.0469. The molecule has 1 rings (SSSR count). The van der Waals surface area contributed by atoms with Crippen molar-refractivity contribution in [2.45, 2.75) is 26.7 Å². The first kappa shape index (κ1) is 7.73. The third kappa shape index (κ3) is 1.21. The minimum absolute atomic E-state index is 0.0469. The van der Waals surface area contributed by atoms with Crippen molar-refractivity contribution in [2.75, 3.05) is 13.1 Å². The van der Waals surface area contributed by atoms with Crippen LogP contribution in [0.3, 0.4) is 0 Å². The van der Waals surface area contributed by atoms with E-state index in [0.717, 1.165) is 19.5 Å². The van der Waals surface area contributed by atoms with Gasteiger partial charge in [0.2, 0.25) is 0 Å². The molecule has 1 aliphatic heterocycles. The van der Waals surface area contributed by atoms with Gasteiger partial charge in [0.05, 0.1) is 0 Å². The van der Waals surface area contributed by atoms with Crippen LogP contribution >= 0.6 is 0 Å². The van der Waals surface area contributed by atoms with Gasteiger partial charge in [-0.1, -0.05) is 13.8 Å². The Balaban J connectivity index is 2.58. The summed E-state index contributed by atoms with van der Waals surface area (Å²) in [4.78, 5) is 11.3. The fourth-order valence-corrected chi connectivity index (χ4v) is 1.48. The molecule has 1 saturated heterocycles. The first-order valence-electron chi connectivity index (χ1n) is 3.93. The fourth-order valence-electron chi connectivity index (χ4n) is 1.48. The lowest BCUT2D eigenvalue weighted by Gasteiger charge is -2.19. The van der Waals surface area contributed by atoms with Crippen LogP contribution in [0.4, 0.5) is 0 Å². The molecule has 1 aliphatic rings. The Labute approximate surface area is 62.0 Å². The van der Waals surface area contributed by atoms with Gasteiger partial charge >= 0.3 is 0 Å². The van der Waals surface area contributed by atoms with Crippen molar-refractivity contribution in [1.29, 1.82) is 0 Å².